The van der Waals surface area contributed by atoms with E-state index in [9.17, 15) is 13.6 Å². The number of hydrogen-bond acceptors (Lipinski definition) is 2. The highest BCUT2D eigenvalue weighted by atomic mass is 19.3. The fraction of sp³-hybridized carbons (Fsp3) is 0.889. The number of carboxylic acid groups (broad SMARTS) is 1. The van der Waals surface area contributed by atoms with E-state index in [2.05, 4.69) is 0 Å². The molecule has 0 aliphatic rings. The third-order valence-corrected chi connectivity index (χ3v) is 1.87. The summed E-state index contributed by atoms with van der Waals surface area (Å²) in [6.07, 6.45) is 0.784. The highest BCUT2D eigenvalue weighted by molar-refractivity contribution is 5.75. The minimum atomic E-state index is -3.65. The zero-order chi connectivity index (χ0) is 11.4. The number of aliphatic carboxylic acids is 1. The van der Waals surface area contributed by atoms with Crippen LogP contribution in [0.2, 0.25) is 0 Å². The van der Waals surface area contributed by atoms with Crippen molar-refractivity contribution in [3.05, 3.63) is 0 Å². The maximum Gasteiger partial charge on any atom is 0.375 e. The van der Waals surface area contributed by atoms with E-state index in [0.29, 0.717) is 12.5 Å². The summed E-state index contributed by atoms with van der Waals surface area (Å²) in [6, 6.07) is 0. The van der Waals surface area contributed by atoms with Gasteiger partial charge >= 0.3 is 11.9 Å². The normalized spacial score (nSPS) is 12.5. The molecule has 0 unspecified atom stereocenters. The van der Waals surface area contributed by atoms with E-state index in [4.69, 9.17) is 5.11 Å². The van der Waals surface area contributed by atoms with Gasteiger partial charge in [0, 0.05) is 0 Å². The lowest BCUT2D eigenvalue weighted by Gasteiger charge is -2.21. The zero-order valence-electron chi connectivity index (χ0n) is 8.76. The van der Waals surface area contributed by atoms with Crippen molar-refractivity contribution in [1.29, 1.82) is 0 Å². The van der Waals surface area contributed by atoms with Crippen LogP contribution in [0.4, 0.5) is 8.78 Å². The van der Waals surface area contributed by atoms with Crippen molar-refractivity contribution in [2.45, 2.75) is 26.2 Å². The molecule has 84 valence electrons. The Hall–Kier alpha value is -0.710. The van der Waals surface area contributed by atoms with Crippen LogP contribution in [0.25, 0.3) is 0 Å². The average Bonchev–Trinajstić information content (AvgIpc) is 1.99. The average molecular weight is 209 g/mol. The molecule has 0 aromatic heterocycles. The Kier molecular flexibility index (Phi) is 4.97. The highest BCUT2D eigenvalue weighted by Gasteiger charge is 2.39. The first-order chi connectivity index (χ1) is 6.25. The predicted molar refractivity (Wildman–Crippen MR) is 49.5 cm³/mol. The summed E-state index contributed by atoms with van der Waals surface area (Å²) in [6.45, 7) is 3.74. The molecule has 0 amide bonds. The Balaban J connectivity index is 3.93. The molecule has 0 aliphatic heterocycles. The SMILES string of the molecule is CC(C)CCN(C)CC(F)(F)C(=O)O. The van der Waals surface area contributed by atoms with Crippen molar-refractivity contribution in [3.63, 3.8) is 0 Å². The van der Waals surface area contributed by atoms with Gasteiger partial charge in [0.25, 0.3) is 0 Å². The molecule has 0 aromatic rings. The highest BCUT2D eigenvalue weighted by Crippen LogP contribution is 2.15. The van der Waals surface area contributed by atoms with Crippen molar-refractivity contribution < 1.29 is 18.7 Å². The Morgan fingerprint density at radius 2 is 2.00 bits per heavy atom. The first-order valence-electron chi connectivity index (χ1n) is 4.55. The molecule has 0 aromatic carbocycles. The van der Waals surface area contributed by atoms with E-state index in [-0.39, 0.29) is 0 Å². The number of halogens is 2. The smallest absolute Gasteiger partial charge is 0.375 e. The molecular weight excluding hydrogens is 192 g/mol. The molecule has 14 heavy (non-hydrogen) atoms. The van der Waals surface area contributed by atoms with Gasteiger partial charge in [-0.15, -0.1) is 0 Å². The summed E-state index contributed by atoms with van der Waals surface area (Å²) in [5.74, 6) is -5.28. The van der Waals surface area contributed by atoms with Crippen molar-refractivity contribution in [2.24, 2.45) is 5.92 Å². The Labute approximate surface area is 82.7 Å². The van der Waals surface area contributed by atoms with Gasteiger partial charge in [-0.2, -0.15) is 8.78 Å². The van der Waals surface area contributed by atoms with Crippen molar-refractivity contribution >= 4 is 5.97 Å². The largest absolute Gasteiger partial charge is 0.477 e. The van der Waals surface area contributed by atoms with Crippen molar-refractivity contribution in [1.82, 2.24) is 4.90 Å². The molecule has 1 N–H and O–H groups in total. The quantitative estimate of drug-likeness (QED) is 0.723. The Morgan fingerprint density at radius 1 is 1.50 bits per heavy atom. The zero-order valence-corrected chi connectivity index (χ0v) is 8.76. The second kappa shape index (κ2) is 5.24. The van der Waals surface area contributed by atoms with Crippen LogP contribution in [0.3, 0.4) is 0 Å². The molecule has 0 atom stereocenters. The van der Waals surface area contributed by atoms with E-state index in [0.717, 1.165) is 6.42 Å². The van der Waals surface area contributed by atoms with E-state index < -0.39 is 18.4 Å². The van der Waals surface area contributed by atoms with Crippen LogP contribution < -0.4 is 0 Å². The Morgan fingerprint density at radius 3 is 2.36 bits per heavy atom. The molecule has 0 radical (unpaired) electrons. The van der Waals surface area contributed by atoms with Crippen molar-refractivity contribution in [3.8, 4) is 0 Å². The topological polar surface area (TPSA) is 40.5 Å². The standard InChI is InChI=1S/C9H17F2NO2/c1-7(2)4-5-12(3)6-9(10,11)8(13)14/h7H,4-6H2,1-3H3,(H,13,14). The lowest BCUT2D eigenvalue weighted by atomic mass is 10.1. The fourth-order valence-electron chi connectivity index (χ4n) is 0.964. The lowest BCUT2D eigenvalue weighted by Crippen LogP contribution is -2.41. The lowest BCUT2D eigenvalue weighted by molar-refractivity contribution is -0.167. The van der Waals surface area contributed by atoms with Gasteiger partial charge in [-0.1, -0.05) is 13.8 Å². The minimum absolute atomic E-state index is 0.427. The van der Waals surface area contributed by atoms with Crippen LogP contribution in [0.1, 0.15) is 20.3 Å². The summed E-state index contributed by atoms with van der Waals surface area (Å²) in [5, 5.41) is 8.19. The first-order valence-corrected chi connectivity index (χ1v) is 4.55. The van der Waals surface area contributed by atoms with Crippen LogP contribution >= 0.6 is 0 Å². The summed E-state index contributed by atoms with van der Waals surface area (Å²) in [4.78, 5) is 11.5. The van der Waals surface area contributed by atoms with Gasteiger partial charge in [0.2, 0.25) is 0 Å². The molecule has 0 fully saturated rings. The van der Waals surface area contributed by atoms with Crippen molar-refractivity contribution in [2.75, 3.05) is 20.1 Å². The Bertz CT molecular complexity index is 195. The van der Waals surface area contributed by atoms with Crippen LogP contribution in [0, 0.1) is 5.92 Å². The molecule has 0 saturated heterocycles. The number of hydrogen-bond donors (Lipinski definition) is 1. The van der Waals surface area contributed by atoms with Crippen LogP contribution in [-0.2, 0) is 4.79 Å². The molecule has 0 heterocycles. The number of alkyl halides is 2. The third kappa shape index (κ3) is 5.11. The summed E-state index contributed by atoms with van der Waals surface area (Å²) >= 11 is 0. The second-order valence-electron chi connectivity index (χ2n) is 3.93. The van der Waals surface area contributed by atoms with Gasteiger partial charge < -0.3 is 10.0 Å². The summed E-state index contributed by atoms with van der Waals surface area (Å²) < 4.78 is 25.4. The monoisotopic (exact) mass is 209 g/mol. The van der Waals surface area contributed by atoms with Gasteiger partial charge in [0.15, 0.2) is 0 Å². The predicted octanol–water partition coefficient (Wildman–Crippen LogP) is 1.68. The van der Waals surface area contributed by atoms with E-state index in [1.165, 1.54) is 11.9 Å². The van der Waals surface area contributed by atoms with Crippen LogP contribution in [-0.4, -0.2) is 42.0 Å². The van der Waals surface area contributed by atoms with Gasteiger partial charge in [-0.3, -0.25) is 0 Å². The van der Waals surface area contributed by atoms with Gasteiger partial charge in [-0.25, -0.2) is 4.79 Å². The molecular formula is C9H17F2NO2. The molecule has 5 heteroatoms. The molecule has 0 bridgehead atoms. The molecule has 0 spiro atoms. The molecule has 3 nitrogen and oxygen atoms in total. The third-order valence-electron chi connectivity index (χ3n) is 1.87. The number of nitrogens with zero attached hydrogens (tertiary/aromatic N) is 1. The van der Waals surface area contributed by atoms with Crippen LogP contribution in [0.5, 0.6) is 0 Å². The first kappa shape index (κ1) is 13.3. The van der Waals surface area contributed by atoms with Gasteiger partial charge in [-0.05, 0) is 25.9 Å². The maximum atomic E-state index is 12.7. The summed E-state index contributed by atoms with van der Waals surface area (Å²) in [7, 11) is 1.50. The summed E-state index contributed by atoms with van der Waals surface area (Å²) in [5.41, 5.74) is 0. The maximum absolute atomic E-state index is 12.7. The fourth-order valence-corrected chi connectivity index (χ4v) is 0.964. The number of carboxylic acids is 1. The molecule has 0 rings (SSSR count). The van der Waals surface area contributed by atoms with E-state index >= 15 is 0 Å². The van der Waals surface area contributed by atoms with E-state index in [1.807, 2.05) is 13.8 Å². The van der Waals surface area contributed by atoms with Gasteiger partial charge in [0.1, 0.15) is 0 Å². The minimum Gasteiger partial charge on any atom is -0.477 e. The van der Waals surface area contributed by atoms with Crippen LogP contribution in [0.15, 0.2) is 0 Å². The van der Waals surface area contributed by atoms with E-state index in [1.54, 1.807) is 0 Å². The second-order valence-corrected chi connectivity index (χ2v) is 3.93. The molecule has 0 saturated carbocycles. The molecule has 0 aliphatic carbocycles. The van der Waals surface area contributed by atoms with Gasteiger partial charge in [0.05, 0.1) is 6.54 Å². The number of rotatable bonds is 6. The number of carbonyl (C=O) groups is 1.